The van der Waals surface area contributed by atoms with Crippen molar-refractivity contribution in [1.29, 1.82) is 0 Å². The van der Waals surface area contributed by atoms with Crippen molar-refractivity contribution in [2.45, 2.75) is 6.42 Å². The number of rotatable bonds is 3. The summed E-state index contributed by atoms with van der Waals surface area (Å²) in [5.41, 5.74) is 0.666. The maximum atomic E-state index is 12.2. The Bertz CT molecular complexity index is 500. The van der Waals surface area contributed by atoms with Gasteiger partial charge in [0.15, 0.2) is 0 Å². The SMILES string of the molecule is O=C(O)CC1CN(C(=O)c2cc(Br)ccc2I)C1. The highest BCUT2D eigenvalue weighted by atomic mass is 127. The van der Waals surface area contributed by atoms with Gasteiger partial charge in [-0.15, -0.1) is 0 Å². The van der Waals surface area contributed by atoms with Crippen molar-refractivity contribution in [3.63, 3.8) is 0 Å². The fraction of sp³-hybridized carbons (Fsp3) is 0.333. The predicted octanol–water partition coefficient (Wildman–Crippen LogP) is 2.60. The van der Waals surface area contributed by atoms with E-state index in [2.05, 4.69) is 38.5 Å². The number of benzene rings is 1. The summed E-state index contributed by atoms with van der Waals surface area (Å²) in [6, 6.07) is 5.57. The fourth-order valence-electron chi connectivity index (χ4n) is 1.94. The number of amides is 1. The van der Waals surface area contributed by atoms with Gasteiger partial charge in [-0.05, 0) is 40.8 Å². The molecule has 0 radical (unpaired) electrons. The van der Waals surface area contributed by atoms with Crippen LogP contribution in [0.3, 0.4) is 0 Å². The summed E-state index contributed by atoms with van der Waals surface area (Å²) in [5, 5.41) is 8.66. The minimum atomic E-state index is -0.802. The summed E-state index contributed by atoms with van der Waals surface area (Å²) < 4.78 is 1.77. The Balaban J connectivity index is 2.01. The largest absolute Gasteiger partial charge is 0.481 e. The number of hydrogen-bond donors (Lipinski definition) is 1. The van der Waals surface area contributed by atoms with Gasteiger partial charge in [-0.2, -0.15) is 0 Å². The Kier molecular flexibility index (Phi) is 4.26. The Hall–Kier alpha value is -0.630. The van der Waals surface area contributed by atoms with Gasteiger partial charge in [0, 0.05) is 27.1 Å². The Morgan fingerprint density at radius 1 is 1.44 bits per heavy atom. The zero-order chi connectivity index (χ0) is 13.3. The van der Waals surface area contributed by atoms with Gasteiger partial charge in [0.2, 0.25) is 0 Å². The molecule has 0 spiro atoms. The van der Waals surface area contributed by atoms with E-state index in [0.717, 1.165) is 8.04 Å². The molecule has 1 amide bonds. The lowest BCUT2D eigenvalue weighted by atomic mass is 9.95. The number of halogens is 2. The molecule has 1 aliphatic heterocycles. The van der Waals surface area contributed by atoms with Gasteiger partial charge in [0.1, 0.15) is 0 Å². The van der Waals surface area contributed by atoms with E-state index in [0.29, 0.717) is 18.7 Å². The molecule has 0 bridgehead atoms. The van der Waals surface area contributed by atoms with E-state index >= 15 is 0 Å². The Labute approximate surface area is 127 Å². The lowest BCUT2D eigenvalue weighted by molar-refractivity contribution is -0.139. The maximum absolute atomic E-state index is 12.2. The molecule has 1 aromatic rings. The zero-order valence-corrected chi connectivity index (χ0v) is 13.1. The summed E-state index contributed by atoms with van der Waals surface area (Å²) in [7, 11) is 0. The van der Waals surface area contributed by atoms with Crippen LogP contribution in [0.15, 0.2) is 22.7 Å². The predicted molar refractivity (Wildman–Crippen MR) is 78.5 cm³/mol. The number of carboxylic acid groups (broad SMARTS) is 1. The van der Waals surface area contributed by atoms with Crippen LogP contribution in [0.4, 0.5) is 0 Å². The first kappa shape index (κ1) is 13.8. The van der Waals surface area contributed by atoms with Crippen LogP contribution in [0.5, 0.6) is 0 Å². The number of hydrogen-bond acceptors (Lipinski definition) is 2. The minimum Gasteiger partial charge on any atom is -0.481 e. The highest BCUT2D eigenvalue weighted by Gasteiger charge is 2.33. The quantitative estimate of drug-likeness (QED) is 0.760. The molecule has 0 unspecified atom stereocenters. The second-order valence-electron chi connectivity index (χ2n) is 4.30. The third-order valence-corrected chi connectivity index (χ3v) is 4.30. The Morgan fingerprint density at radius 3 is 2.72 bits per heavy atom. The lowest BCUT2D eigenvalue weighted by Gasteiger charge is -2.38. The monoisotopic (exact) mass is 423 g/mol. The van der Waals surface area contributed by atoms with Crippen LogP contribution in [0.2, 0.25) is 0 Å². The summed E-state index contributed by atoms with van der Waals surface area (Å²) >= 11 is 5.48. The standard InChI is InChI=1S/C12H11BrINO3/c13-8-1-2-10(14)9(4-8)12(18)15-5-7(6-15)3-11(16)17/h1-2,4,7H,3,5-6H2,(H,16,17). The molecule has 18 heavy (non-hydrogen) atoms. The first-order chi connectivity index (χ1) is 8.47. The summed E-state index contributed by atoms with van der Waals surface area (Å²) in [5.74, 6) is -0.734. The minimum absolute atomic E-state index is 0.0256. The molecular formula is C12H11BrINO3. The van der Waals surface area contributed by atoms with Crippen molar-refractivity contribution >= 4 is 50.4 Å². The number of carbonyl (C=O) groups excluding carboxylic acids is 1. The van der Waals surface area contributed by atoms with E-state index in [-0.39, 0.29) is 18.2 Å². The van der Waals surface area contributed by atoms with Gasteiger partial charge >= 0.3 is 5.97 Å². The Morgan fingerprint density at radius 2 is 2.11 bits per heavy atom. The third-order valence-electron chi connectivity index (χ3n) is 2.87. The molecule has 96 valence electrons. The number of carboxylic acids is 1. The third kappa shape index (κ3) is 3.03. The van der Waals surface area contributed by atoms with Crippen LogP contribution in [0.1, 0.15) is 16.8 Å². The average molecular weight is 424 g/mol. The number of nitrogens with zero attached hydrogens (tertiary/aromatic N) is 1. The molecule has 1 fully saturated rings. The van der Waals surface area contributed by atoms with Gasteiger partial charge in [-0.3, -0.25) is 9.59 Å². The number of likely N-dealkylation sites (tertiary alicyclic amines) is 1. The molecule has 1 heterocycles. The van der Waals surface area contributed by atoms with Crippen molar-refractivity contribution in [3.8, 4) is 0 Å². The van der Waals surface area contributed by atoms with Crippen LogP contribution in [0, 0.1) is 9.49 Å². The first-order valence-corrected chi connectivity index (χ1v) is 7.30. The summed E-state index contributed by atoms with van der Waals surface area (Å²) in [4.78, 5) is 24.4. The molecule has 0 saturated carbocycles. The van der Waals surface area contributed by atoms with E-state index in [4.69, 9.17) is 5.11 Å². The molecule has 0 aromatic heterocycles. The molecule has 1 N–H and O–H groups in total. The van der Waals surface area contributed by atoms with Gasteiger partial charge in [-0.1, -0.05) is 15.9 Å². The van der Waals surface area contributed by atoms with E-state index in [9.17, 15) is 9.59 Å². The molecule has 0 atom stereocenters. The molecular weight excluding hydrogens is 413 g/mol. The highest BCUT2D eigenvalue weighted by molar-refractivity contribution is 14.1. The molecule has 6 heteroatoms. The normalized spacial score (nSPS) is 15.3. The molecule has 4 nitrogen and oxygen atoms in total. The van der Waals surface area contributed by atoms with Crippen molar-refractivity contribution < 1.29 is 14.7 Å². The maximum Gasteiger partial charge on any atom is 0.303 e. The summed E-state index contributed by atoms with van der Waals surface area (Å²) in [6.07, 6.45) is 0.138. The van der Waals surface area contributed by atoms with Crippen LogP contribution >= 0.6 is 38.5 Å². The molecule has 1 aliphatic rings. The van der Waals surface area contributed by atoms with Crippen LogP contribution in [-0.2, 0) is 4.79 Å². The summed E-state index contributed by atoms with van der Waals surface area (Å²) in [6.45, 7) is 1.07. The zero-order valence-electron chi connectivity index (χ0n) is 9.40. The second-order valence-corrected chi connectivity index (χ2v) is 6.38. The van der Waals surface area contributed by atoms with Crippen LogP contribution < -0.4 is 0 Å². The van der Waals surface area contributed by atoms with Crippen molar-refractivity contribution in [1.82, 2.24) is 4.90 Å². The molecule has 0 aliphatic carbocycles. The van der Waals surface area contributed by atoms with Crippen molar-refractivity contribution in [3.05, 3.63) is 31.8 Å². The molecule has 1 saturated heterocycles. The average Bonchev–Trinajstić information content (AvgIpc) is 2.25. The lowest BCUT2D eigenvalue weighted by Crippen LogP contribution is -2.50. The molecule has 2 rings (SSSR count). The van der Waals surface area contributed by atoms with Gasteiger partial charge in [0.05, 0.1) is 12.0 Å². The first-order valence-electron chi connectivity index (χ1n) is 5.43. The fourth-order valence-corrected chi connectivity index (χ4v) is 2.87. The molecule has 1 aromatic carbocycles. The van der Waals surface area contributed by atoms with E-state index in [1.807, 2.05) is 12.1 Å². The van der Waals surface area contributed by atoms with Crippen molar-refractivity contribution in [2.75, 3.05) is 13.1 Å². The van der Waals surface area contributed by atoms with Gasteiger partial charge < -0.3 is 10.0 Å². The number of aliphatic carboxylic acids is 1. The second kappa shape index (κ2) is 5.56. The smallest absolute Gasteiger partial charge is 0.303 e. The van der Waals surface area contributed by atoms with Crippen LogP contribution in [-0.4, -0.2) is 35.0 Å². The van der Waals surface area contributed by atoms with Crippen molar-refractivity contribution in [2.24, 2.45) is 5.92 Å². The topological polar surface area (TPSA) is 57.6 Å². The highest BCUT2D eigenvalue weighted by Crippen LogP contribution is 2.25. The van der Waals surface area contributed by atoms with E-state index < -0.39 is 5.97 Å². The van der Waals surface area contributed by atoms with Crippen LogP contribution in [0.25, 0.3) is 0 Å². The van der Waals surface area contributed by atoms with E-state index in [1.165, 1.54) is 0 Å². The van der Waals surface area contributed by atoms with Gasteiger partial charge in [0.25, 0.3) is 5.91 Å². The number of carbonyl (C=O) groups is 2. The van der Waals surface area contributed by atoms with Gasteiger partial charge in [-0.25, -0.2) is 0 Å². The van der Waals surface area contributed by atoms with E-state index in [1.54, 1.807) is 11.0 Å².